The van der Waals surface area contributed by atoms with Gasteiger partial charge in [0.05, 0.1) is 11.8 Å². The Bertz CT molecular complexity index is 2010. The van der Waals surface area contributed by atoms with Crippen LogP contribution in [-0.4, -0.2) is 109 Å². The quantitative estimate of drug-likeness (QED) is 0.185. The highest BCUT2D eigenvalue weighted by molar-refractivity contribution is 7.87. The summed E-state index contributed by atoms with van der Waals surface area (Å²) in [6.07, 6.45) is -2.70. The molecule has 0 radical (unpaired) electrons. The first-order chi connectivity index (χ1) is 24.3. The van der Waals surface area contributed by atoms with Crippen molar-refractivity contribution in [1.29, 1.82) is 5.26 Å². The van der Waals surface area contributed by atoms with Crippen LogP contribution in [0.25, 0.3) is 21.1 Å². The van der Waals surface area contributed by atoms with Gasteiger partial charge >= 0.3 is 6.18 Å². The zero-order chi connectivity index (χ0) is 36.5. The topological polar surface area (TPSA) is 134 Å². The van der Waals surface area contributed by atoms with Crippen LogP contribution in [0.5, 0.6) is 0 Å². The van der Waals surface area contributed by atoms with Gasteiger partial charge in [0.2, 0.25) is 5.95 Å². The summed E-state index contributed by atoms with van der Waals surface area (Å²) in [6, 6.07) is 10.5. The number of piperidine rings is 1. The van der Waals surface area contributed by atoms with Gasteiger partial charge in [0.1, 0.15) is 22.4 Å². The van der Waals surface area contributed by atoms with Crippen LogP contribution in [0.3, 0.4) is 0 Å². The maximum absolute atomic E-state index is 13.1. The third kappa shape index (κ3) is 8.26. The lowest BCUT2D eigenvalue weighted by atomic mass is 10.0. The van der Waals surface area contributed by atoms with Gasteiger partial charge < -0.3 is 15.2 Å². The number of rotatable bonds is 12. The molecule has 4 aromatic rings. The number of thiophene rings is 1. The Balaban J connectivity index is 1.11. The molecule has 1 atom stereocenters. The molecule has 2 saturated heterocycles. The number of alkyl halides is 3. The first-order valence-electron chi connectivity index (χ1n) is 17.3. The fourth-order valence-electron chi connectivity index (χ4n) is 7.28. The first-order valence-corrected chi connectivity index (χ1v) is 19.6. The van der Waals surface area contributed by atoms with E-state index in [-0.39, 0.29) is 17.0 Å². The number of hydrogen-bond acceptors (Lipinski definition) is 10. The second-order valence-corrected chi connectivity index (χ2v) is 16.3. The molecular weight excluding hydrogens is 702 g/mol. The number of likely N-dealkylation sites (tertiary alicyclic amines) is 1. The van der Waals surface area contributed by atoms with Crippen LogP contribution < -0.4 is 15.4 Å². The smallest absolute Gasteiger partial charge is 0.367 e. The van der Waals surface area contributed by atoms with Crippen molar-refractivity contribution in [1.82, 2.24) is 33.4 Å². The molecule has 2 fully saturated rings. The number of halogens is 3. The predicted octanol–water partition coefficient (Wildman–Crippen LogP) is 4.91. The lowest BCUT2D eigenvalue weighted by Crippen LogP contribution is -2.54. The van der Waals surface area contributed by atoms with Crippen molar-refractivity contribution in [3.8, 4) is 6.07 Å². The molecule has 0 spiro atoms. The molecule has 2 aliphatic heterocycles. The summed E-state index contributed by atoms with van der Waals surface area (Å²) < 4.78 is 69.8. The number of anilines is 2. The molecule has 0 unspecified atom stereocenters. The molecule has 276 valence electrons. The normalized spacial score (nSPS) is 18.0. The maximum atomic E-state index is 13.1. The van der Waals surface area contributed by atoms with E-state index < -0.39 is 22.8 Å². The molecule has 51 heavy (non-hydrogen) atoms. The summed E-state index contributed by atoms with van der Waals surface area (Å²) in [5.74, 6) is 0.925. The zero-order valence-corrected chi connectivity index (χ0v) is 31.0. The number of aromatic nitrogens is 3. The average Bonchev–Trinajstić information content (AvgIpc) is 3.68. The molecule has 0 amide bonds. The molecule has 0 aliphatic carbocycles. The van der Waals surface area contributed by atoms with Crippen molar-refractivity contribution in [2.75, 3.05) is 64.0 Å². The van der Waals surface area contributed by atoms with Gasteiger partial charge in [0.15, 0.2) is 0 Å². The molecule has 6 rings (SSSR count). The molecule has 0 bridgehead atoms. The van der Waals surface area contributed by atoms with E-state index >= 15 is 0 Å². The molecule has 1 aromatic carbocycles. The highest BCUT2D eigenvalue weighted by Crippen LogP contribution is 2.35. The highest BCUT2D eigenvalue weighted by atomic mass is 32.2. The summed E-state index contributed by atoms with van der Waals surface area (Å²) in [6.45, 7) is 9.46. The number of aryl methyl sites for hydroxylation is 1. The van der Waals surface area contributed by atoms with Crippen molar-refractivity contribution in [3.63, 3.8) is 0 Å². The molecule has 5 heterocycles. The number of nitrogens with zero attached hydrogens (tertiary/aromatic N) is 7. The van der Waals surface area contributed by atoms with Gasteiger partial charge in [0, 0.05) is 94.3 Å². The van der Waals surface area contributed by atoms with Crippen LogP contribution in [0.4, 0.5) is 24.9 Å². The number of piperazine rings is 1. The predicted molar refractivity (Wildman–Crippen MR) is 195 cm³/mol. The minimum atomic E-state index is -4.29. The van der Waals surface area contributed by atoms with E-state index in [0.29, 0.717) is 60.4 Å². The van der Waals surface area contributed by atoms with Gasteiger partial charge in [-0.15, -0.1) is 11.3 Å². The third-order valence-electron chi connectivity index (χ3n) is 10.2. The van der Waals surface area contributed by atoms with Crippen LogP contribution in [0.15, 0.2) is 24.3 Å². The van der Waals surface area contributed by atoms with Crippen LogP contribution in [-0.2, 0) is 29.7 Å². The largest absolute Gasteiger partial charge is 0.393 e. The van der Waals surface area contributed by atoms with Gasteiger partial charge in [-0.2, -0.15) is 36.1 Å². The summed E-state index contributed by atoms with van der Waals surface area (Å²) in [5.41, 5.74) is 3.99. The highest BCUT2D eigenvalue weighted by Gasteiger charge is 2.31. The van der Waals surface area contributed by atoms with Gasteiger partial charge in [0.25, 0.3) is 10.2 Å². The Morgan fingerprint density at radius 3 is 2.41 bits per heavy atom. The fourth-order valence-corrected chi connectivity index (χ4v) is 9.24. The van der Waals surface area contributed by atoms with Crippen LogP contribution in [0.2, 0.25) is 0 Å². The van der Waals surface area contributed by atoms with Crippen LogP contribution in [0.1, 0.15) is 47.9 Å². The fraction of sp³-hybridized carbons (Fsp3) is 0.559. The van der Waals surface area contributed by atoms with E-state index in [2.05, 4.69) is 71.7 Å². The third-order valence-corrected chi connectivity index (χ3v) is 12.8. The lowest BCUT2D eigenvalue weighted by molar-refractivity contribution is -0.126. The summed E-state index contributed by atoms with van der Waals surface area (Å²) in [4.78, 5) is 14.4. The second kappa shape index (κ2) is 15.2. The standard InChI is InChI=1S/C34H45F3N10O2S2/c1-5-25(45-12-14-46(15-13-45)51(48,49)40-4)21-47-26(19-38)16-28-22(2)23(6-7-30(28)47)20-44-10-8-24(9-11-44)41-31-29-17-27(18-34(35,36)37)50-32(29)43-33(39-3)42-31/h6-7,16-17,24-25,40H,5,8-15,18,20-21H2,1-4H3,(H2,39,41,42,43)/t25-/m0/s1. The van der Waals surface area contributed by atoms with E-state index in [9.17, 15) is 26.9 Å². The Labute approximate surface area is 300 Å². The van der Waals surface area contributed by atoms with Crippen molar-refractivity contribution in [2.24, 2.45) is 0 Å². The number of hydrogen-bond donors (Lipinski definition) is 3. The van der Waals surface area contributed by atoms with Crippen molar-refractivity contribution >= 4 is 54.4 Å². The molecule has 2 aliphatic rings. The van der Waals surface area contributed by atoms with Gasteiger partial charge in [-0.25, -0.2) is 9.71 Å². The zero-order valence-electron chi connectivity index (χ0n) is 29.3. The molecule has 17 heteroatoms. The Kier molecular flexibility index (Phi) is 11.1. The summed E-state index contributed by atoms with van der Waals surface area (Å²) in [5, 5.41) is 18.2. The number of fused-ring (bicyclic) bond motifs is 2. The maximum Gasteiger partial charge on any atom is 0.393 e. The SMILES string of the molecule is CC[C@@H](Cn1c(C#N)cc2c(C)c(CN3CCC(Nc4nc(NC)nc5sc(CC(F)(F)F)cc45)CC3)ccc21)N1CCN(S(=O)(=O)NC)CC1. The Morgan fingerprint density at radius 1 is 1.06 bits per heavy atom. The van der Waals surface area contributed by atoms with E-state index in [1.165, 1.54) is 16.9 Å². The van der Waals surface area contributed by atoms with Crippen molar-refractivity contribution in [2.45, 2.75) is 70.9 Å². The minimum Gasteiger partial charge on any atom is -0.367 e. The average molecular weight is 747 g/mol. The van der Waals surface area contributed by atoms with Gasteiger partial charge in [-0.05, 0) is 55.5 Å². The van der Waals surface area contributed by atoms with Crippen LogP contribution >= 0.6 is 11.3 Å². The number of nitriles is 1. The monoisotopic (exact) mass is 746 g/mol. The number of benzene rings is 1. The van der Waals surface area contributed by atoms with Crippen molar-refractivity contribution in [3.05, 3.63) is 46.0 Å². The summed E-state index contributed by atoms with van der Waals surface area (Å²) >= 11 is 1.05. The van der Waals surface area contributed by atoms with E-state index in [4.69, 9.17) is 0 Å². The Hall–Kier alpha value is -3.53. The molecule has 3 N–H and O–H groups in total. The number of nitrogens with one attached hydrogen (secondary N) is 3. The van der Waals surface area contributed by atoms with Crippen LogP contribution in [0, 0.1) is 18.3 Å². The molecule has 0 saturated carbocycles. The van der Waals surface area contributed by atoms with Gasteiger partial charge in [-0.3, -0.25) is 9.80 Å². The van der Waals surface area contributed by atoms with E-state index in [1.54, 1.807) is 13.1 Å². The van der Waals surface area contributed by atoms with Gasteiger partial charge in [-0.1, -0.05) is 13.0 Å². The lowest BCUT2D eigenvalue weighted by Gasteiger charge is -2.38. The molecule has 12 nitrogen and oxygen atoms in total. The van der Waals surface area contributed by atoms with E-state index in [1.807, 2.05) is 6.07 Å². The van der Waals surface area contributed by atoms with E-state index in [0.717, 1.165) is 66.7 Å². The second-order valence-electron chi connectivity index (χ2n) is 13.3. The molecular formula is C34H45F3N10O2S2. The Morgan fingerprint density at radius 2 is 1.78 bits per heavy atom. The summed E-state index contributed by atoms with van der Waals surface area (Å²) in [7, 11) is -0.327. The minimum absolute atomic E-state index is 0.119. The first kappa shape index (κ1) is 37.2. The van der Waals surface area contributed by atoms with Crippen molar-refractivity contribution < 1.29 is 21.6 Å². The molecule has 3 aromatic heterocycles.